The van der Waals surface area contributed by atoms with Gasteiger partial charge in [0.25, 0.3) is 0 Å². The predicted molar refractivity (Wildman–Crippen MR) is 59.1 cm³/mol. The third kappa shape index (κ3) is 2.53. The molecule has 1 saturated carbocycles. The van der Waals surface area contributed by atoms with E-state index in [2.05, 4.69) is 10.1 Å². The van der Waals surface area contributed by atoms with Crippen molar-refractivity contribution in [3.05, 3.63) is 10.6 Å². The third-order valence-corrected chi connectivity index (χ3v) is 3.69. The first-order valence-corrected chi connectivity index (χ1v) is 6.00. The first-order chi connectivity index (χ1) is 7.89. The summed E-state index contributed by atoms with van der Waals surface area (Å²) in [5, 5.41) is 2.82. The van der Waals surface area contributed by atoms with Crippen molar-refractivity contribution in [1.29, 1.82) is 0 Å². The number of hydrogen-bond donors (Lipinski definition) is 1. The summed E-state index contributed by atoms with van der Waals surface area (Å²) in [6.07, 6.45) is -2.00. The van der Waals surface area contributed by atoms with Crippen LogP contribution in [-0.2, 0) is 7.05 Å². The van der Waals surface area contributed by atoms with Gasteiger partial charge in [-0.15, -0.1) is 0 Å². The van der Waals surface area contributed by atoms with Gasteiger partial charge < -0.3 is 0 Å². The Labute approximate surface area is 102 Å². The SMILES string of the molecule is Cn1[nH]c(C2CCCCC2C(F)(F)F)nc1=S. The van der Waals surface area contributed by atoms with Crippen molar-refractivity contribution in [2.24, 2.45) is 13.0 Å². The Morgan fingerprint density at radius 1 is 1.35 bits per heavy atom. The molecule has 2 unspecified atom stereocenters. The number of aromatic amines is 1. The predicted octanol–water partition coefficient (Wildman–Crippen LogP) is 3.31. The molecule has 0 spiro atoms. The molecule has 1 fully saturated rings. The molecule has 1 aromatic heterocycles. The van der Waals surface area contributed by atoms with Crippen molar-refractivity contribution >= 4 is 12.2 Å². The lowest BCUT2D eigenvalue weighted by molar-refractivity contribution is -0.187. The number of rotatable bonds is 1. The van der Waals surface area contributed by atoms with E-state index >= 15 is 0 Å². The summed E-state index contributed by atoms with van der Waals surface area (Å²) in [4.78, 5) is 4.02. The molecule has 0 radical (unpaired) electrons. The minimum atomic E-state index is -4.15. The van der Waals surface area contributed by atoms with Crippen molar-refractivity contribution < 1.29 is 13.2 Å². The molecule has 1 aromatic rings. The van der Waals surface area contributed by atoms with Crippen LogP contribution in [0.3, 0.4) is 0 Å². The first kappa shape index (κ1) is 12.6. The summed E-state index contributed by atoms with van der Waals surface area (Å²) in [5.41, 5.74) is 0. The van der Waals surface area contributed by atoms with Crippen LogP contribution in [0.4, 0.5) is 13.2 Å². The molecular weight excluding hydrogens is 251 g/mol. The van der Waals surface area contributed by atoms with E-state index in [0.29, 0.717) is 23.4 Å². The van der Waals surface area contributed by atoms with Crippen molar-refractivity contribution in [3.8, 4) is 0 Å². The Bertz CT molecular complexity index is 448. The summed E-state index contributed by atoms with van der Waals surface area (Å²) in [5.74, 6) is -1.50. The lowest BCUT2D eigenvalue weighted by atomic mass is 9.78. The molecule has 3 nitrogen and oxygen atoms in total. The Morgan fingerprint density at radius 2 is 2.00 bits per heavy atom. The number of H-pyrrole nitrogens is 1. The standard InChI is InChI=1S/C10H14F3N3S/c1-16-9(17)14-8(15-16)6-4-2-3-5-7(6)10(11,12)13/h6-7H,2-5H2,1H3,(H,14,15,17). The Kier molecular flexibility index (Phi) is 3.29. The highest BCUT2D eigenvalue weighted by Gasteiger charge is 2.46. The Balaban J connectivity index is 2.31. The van der Waals surface area contributed by atoms with E-state index in [1.54, 1.807) is 7.05 Å². The minimum Gasteiger partial charge on any atom is -0.283 e. The molecule has 1 aliphatic rings. The smallest absolute Gasteiger partial charge is 0.283 e. The maximum absolute atomic E-state index is 12.9. The first-order valence-electron chi connectivity index (χ1n) is 5.59. The maximum Gasteiger partial charge on any atom is 0.392 e. The number of alkyl halides is 3. The van der Waals surface area contributed by atoms with Crippen LogP contribution in [0.15, 0.2) is 0 Å². The second-order valence-electron chi connectivity index (χ2n) is 4.49. The van der Waals surface area contributed by atoms with Crippen molar-refractivity contribution in [1.82, 2.24) is 14.8 Å². The van der Waals surface area contributed by atoms with E-state index in [0.717, 1.165) is 6.42 Å². The van der Waals surface area contributed by atoms with Crippen LogP contribution in [0, 0.1) is 10.7 Å². The molecule has 1 aliphatic carbocycles. The van der Waals surface area contributed by atoms with Gasteiger partial charge in [0.2, 0.25) is 4.77 Å². The van der Waals surface area contributed by atoms with Gasteiger partial charge in [0.15, 0.2) is 0 Å². The monoisotopic (exact) mass is 265 g/mol. The van der Waals surface area contributed by atoms with Crippen LogP contribution in [-0.4, -0.2) is 20.9 Å². The topological polar surface area (TPSA) is 33.6 Å². The van der Waals surface area contributed by atoms with E-state index in [1.165, 1.54) is 4.68 Å². The number of nitrogens with zero attached hydrogens (tertiary/aromatic N) is 2. The van der Waals surface area contributed by atoms with Crippen LogP contribution in [0.25, 0.3) is 0 Å². The van der Waals surface area contributed by atoms with Gasteiger partial charge in [-0.25, -0.2) is 4.98 Å². The molecular formula is C10H14F3N3S. The van der Waals surface area contributed by atoms with Crippen LogP contribution in [0.2, 0.25) is 0 Å². The fourth-order valence-electron chi connectivity index (χ4n) is 2.44. The highest BCUT2D eigenvalue weighted by molar-refractivity contribution is 7.71. The van der Waals surface area contributed by atoms with Gasteiger partial charge in [-0.2, -0.15) is 13.2 Å². The molecule has 0 bridgehead atoms. The molecule has 2 atom stereocenters. The van der Waals surface area contributed by atoms with E-state index in [-0.39, 0.29) is 6.42 Å². The van der Waals surface area contributed by atoms with Crippen LogP contribution >= 0.6 is 12.2 Å². The summed E-state index contributed by atoms with van der Waals surface area (Å²) in [6.45, 7) is 0. The quantitative estimate of drug-likeness (QED) is 0.790. The normalized spacial score (nSPS) is 26.1. The van der Waals surface area contributed by atoms with Gasteiger partial charge >= 0.3 is 6.18 Å². The summed E-state index contributed by atoms with van der Waals surface area (Å²) in [6, 6.07) is 0. The average molecular weight is 265 g/mol. The number of nitrogens with one attached hydrogen (secondary N) is 1. The van der Waals surface area contributed by atoms with Gasteiger partial charge in [-0.1, -0.05) is 12.8 Å². The zero-order valence-electron chi connectivity index (χ0n) is 9.42. The lowest BCUT2D eigenvalue weighted by Crippen LogP contribution is -2.32. The van der Waals surface area contributed by atoms with Gasteiger partial charge in [0.1, 0.15) is 5.82 Å². The second kappa shape index (κ2) is 4.44. The highest BCUT2D eigenvalue weighted by atomic mass is 32.1. The van der Waals surface area contributed by atoms with Crippen molar-refractivity contribution in [2.75, 3.05) is 0 Å². The molecule has 17 heavy (non-hydrogen) atoms. The molecule has 0 saturated heterocycles. The second-order valence-corrected chi connectivity index (χ2v) is 4.85. The zero-order chi connectivity index (χ0) is 12.6. The fraction of sp³-hybridized carbons (Fsp3) is 0.800. The van der Waals surface area contributed by atoms with Crippen molar-refractivity contribution in [2.45, 2.75) is 37.8 Å². The molecule has 0 aliphatic heterocycles. The molecule has 1 N–H and O–H groups in total. The van der Waals surface area contributed by atoms with Crippen LogP contribution in [0.5, 0.6) is 0 Å². The Hall–Kier alpha value is -0.850. The van der Waals surface area contributed by atoms with E-state index in [1.807, 2.05) is 0 Å². The zero-order valence-corrected chi connectivity index (χ0v) is 10.2. The van der Waals surface area contributed by atoms with Crippen LogP contribution in [0.1, 0.15) is 37.4 Å². The molecule has 96 valence electrons. The van der Waals surface area contributed by atoms with E-state index in [9.17, 15) is 13.2 Å². The average Bonchev–Trinajstić information content (AvgIpc) is 2.58. The van der Waals surface area contributed by atoms with Crippen molar-refractivity contribution in [3.63, 3.8) is 0 Å². The van der Waals surface area contributed by atoms with Gasteiger partial charge in [-0.3, -0.25) is 9.78 Å². The highest BCUT2D eigenvalue weighted by Crippen LogP contribution is 2.45. The van der Waals surface area contributed by atoms with Crippen LogP contribution < -0.4 is 0 Å². The summed E-state index contributed by atoms with van der Waals surface area (Å²) in [7, 11) is 1.66. The van der Waals surface area contributed by atoms with Gasteiger partial charge in [-0.05, 0) is 25.1 Å². The molecule has 0 amide bonds. The third-order valence-electron chi connectivity index (χ3n) is 3.32. The minimum absolute atomic E-state index is 0.186. The van der Waals surface area contributed by atoms with Gasteiger partial charge in [0, 0.05) is 13.0 Å². The summed E-state index contributed by atoms with van der Waals surface area (Å²) < 4.78 is 40.5. The molecule has 2 rings (SSSR count). The fourth-order valence-corrected chi connectivity index (χ4v) is 2.58. The van der Waals surface area contributed by atoms with Gasteiger partial charge in [0.05, 0.1) is 5.92 Å². The number of aromatic nitrogens is 3. The van der Waals surface area contributed by atoms with E-state index < -0.39 is 18.0 Å². The number of halogens is 3. The van der Waals surface area contributed by atoms with E-state index in [4.69, 9.17) is 12.2 Å². The number of hydrogen-bond acceptors (Lipinski definition) is 2. The maximum atomic E-state index is 12.9. The molecule has 1 heterocycles. The molecule has 7 heteroatoms. The summed E-state index contributed by atoms with van der Waals surface area (Å²) >= 11 is 4.91. The lowest BCUT2D eigenvalue weighted by Gasteiger charge is -2.31. The Morgan fingerprint density at radius 3 is 2.53 bits per heavy atom. The largest absolute Gasteiger partial charge is 0.392 e. The molecule has 0 aromatic carbocycles. The number of aryl methyl sites for hydroxylation is 1.